The van der Waals surface area contributed by atoms with Gasteiger partial charge < -0.3 is 11.1 Å². The number of nitrogens with two attached hydrogens (primary N) is 1. The summed E-state index contributed by atoms with van der Waals surface area (Å²) < 4.78 is 0. The Kier molecular flexibility index (Phi) is 4.81. The fourth-order valence-electron chi connectivity index (χ4n) is 3.22. The fourth-order valence-corrected chi connectivity index (χ4v) is 3.22. The summed E-state index contributed by atoms with van der Waals surface area (Å²) >= 11 is 0. The summed E-state index contributed by atoms with van der Waals surface area (Å²) in [6.45, 7) is 1.61. The van der Waals surface area contributed by atoms with E-state index in [-0.39, 0.29) is 11.8 Å². The molecular weight excluding hydrogens is 302 g/mol. The van der Waals surface area contributed by atoms with Gasteiger partial charge in [0.25, 0.3) is 11.8 Å². The minimum atomic E-state index is -0.239. The molecule has 0 saturated carbocycles. The molecular formula is C19H23N3O2. The average Bonchev–Trinajstić information content (AvgIpc) is 2.61. The van der Waals surface area contributed by atoms with Crippen LogP contribution in [0.2, 0.25) is 0 Å². The van der Waals surface area contributed by atoms with Gasteiger partial charge in [0.15, 0.2) is 0 Å². The standard InChI is InChI=1S/C19H23N3O2/c1-22-18(23)14-8-6-7-13-16(21-12-5-3-2-4-11-20)10-9-15(17(13)14)19(22)24/h6-10,21H,2-5,11-12,20H2,1H3. The number of carbonyl (C=O) groups is 2. The quantitative estimate of drug-likeness (QED) is 0.606. The van der Waals surface area contributed by atoms with Crippen molar-refractivity contribution in [3.05, 3.63) is 41.5 Å². The van der Waals surface area contributed by atoms with Crippen LogP contribution < -0.4 is 11.1 Å². The van der Waals surface area contributed by atoms with Crippen LogP contribution in [-0.2, 0) is 0 Å². The molecule has 0 fully saturated rings. The fraction of sp³-hybridized carbons (Fsp3) is 0.368. The molecule has 2 aromatic carbocycles. The number of carbonyl (C=O) groups excluding carboxylic acids is 2. The van der Waals surface area contributed by atoms with E-state index in [4.69, 9.17) is 5.73 Å². The molecule has 0 saturated heterocycles. The number of hydrogen-bond acceptors (Lipinski definition) is 4. The first-order valence-corrected chi connectivity index (χ1v) is 8.47. The topological polar surface area (TPSA) is 75.4 Å². The maximum Gasteiger partial charge on any atom is 0.261 e. The monoisotopic (exact) mass is 325 g/mol. The number of nitrogens with zero attached hydrogens (tertiary/aromatic N) is 1. The highest BCUT2D eigenvalue weighted by atomic mass is 16.2. The summed E-state index contributed by atoms with van der Waals surface area (Å²) in [5, 5.41) is 5.14. The van der Waals surface area contributed by atoms with E-state index in [1.54, 1.807) is 6.07 Å². The van der Waals surface area contributed by atoms with E-state index >= 15 is 0 Å². The number of amides is 2. The third-order valence-corrected chi connectivity index (χ3v) is 4.56. The first kappa shape index (κ1) is 16.5. The second-order valence-electron chi connectivity index (χ2n) is 6.19. The molecule has 1 aliphatic rings. The molecule has 2 aromatic rings. The van der Waals surface area contributed by atoms with Gasteiger partial charge in [0.05, 0.1) is 0 Å². The van der Waals surface area contributed by atoms with Gasteiger partial charge in [-0.2, -0.15) is 0 Å². The lowest BCUT2D eigenvalue weighted by atomic mass is 9.93. The number of benzene rings is 2. The molecule has 5 heteroatoms. The summed E-state index contributed by atoms with van der Waals surface area (Å²) in [6, 6.07) is 9.37. The van der Waals surface area contributed by atoms with Crippen LogP contribution in [0.4, 0.5) is 5.69 Å². The van der Waals surface area contributed by atoms with E-state index in [1.807, 2.05) is 24.3 Å². The molecule has 0 unspecified atom stereocenters. The minimum absolute atomic E-state index is 0.239. The van der Waals surface area contributed by atoms with Crippen molar-refractivity contribution in [2.75, 3.05) is 25.5 Å². The van der Waals surface area contributed by atoms with Crippen LogP contribution in [0.3, 0.4) is 0 Å². The summed E-state index contributed by atoms with van der Waals surface area (Å²) in [7, 11) is 1.53. The van der Waals surface area contributed by atoms with Crippen molar-refractivity contribution in [2.45, 2.75) is 25.7 Å². The van der Waals surface area contributed by atoms with Gasteiger partial charge in [0, 0.05) is 41.2 Å². The highest BCUT2D eigenvalue weighted by Crippen LogP contribution is 2.33. The van der Waals surface area contributed by atoms with Gasteiger partial charge in [0.1, 0.15) is 0 Å². The molecule has 1 heterocycles. The Labute approximate surface area is 141 Å². The zero-order valence-electron chi connectivity index (χ0n) is 14.0. The minimum Gasteiger partial charge on any atom is -0.385 e. The van der Waals surface area contributed by atoms with Gasteiger partial charge in [-0.15, -0.1) is 0 Å². The highest BCUT2D eigenvalue weighted by molar-refractivity contribution is 6.26. The van der Waals surface area contributed by atoms with Crippen LogP contribution in [0, 0.1) is 0 Å². The summed E-state index contributed by atoms with van der Waals surface area (Å²) in [4.78, 5) is 25.9. The number of hydrogen-bond donors (Lipinski definition) is 2. The van der Waals surface area contributed by atoms with Crippen molar-refractivity contribution in [1.29, 1.82) is 0 Å². The number of nitrogens with one attached hydrogen (secondary N) is 1. The smallest absolute Gasteiger partial charge is 0.261 e. The predicted octanol–water partition coefficient (Wildman–Crippen LogP) is 3.00. The molecule has 3 rings (SSSR count). The normalized spacial score (nSPS) is 13.7. The van der Waals surface area contributed by atoms with Crippen LogP contribution in [0.5, 0.6) is 0 Å². The molecule has 24 heavy (non-hydrogen) atoms. The number of unbranched alkanes of at least 4 members (excludes halogenated alkanes) is 3. The third-order valence-electron chi connectivity index (χ3n) is 4.56. The lowest BCUT2D eigenvalue weighted by Crippen LogP contribution is -2.36. The van der Waals surface area contributed by atoms with E-state index in [1.165, 1.54) is 11.9 Å². The molecule has 0 atom stereocenters. The van der Waals surface area contributed by atoms with Gasteiger partial charge in [-0.1, -0.05) is 25.0 Å². The lowest BCUT2D eigenvalue weighted by molar-refractivity contribution is 0.0651. The van der Waals surface area contributed by atoms with E-state index < -0.39 is 0 Å². The Morgan fingerprint density at radius 3 is 2.42 bits per heavy atom. The first-order valence-electron chi connectivity index (χ1n) is 8.47. The van der Waals surface area contributed by atoms with Gasteiger partial charge in [-0.25, -0.2) is 0 Å². The summed E-state index contributed by atoms with van der Waals surface area (Å²) in [6.07, 6.45) is 4.44. The predicted molar refractivity (Wildman–Crippen MR) is 96.4 cm³/mol. The zero-order chi connectivity index (χ0) is 17.1. The summed E-state index contributed by atoms with van der Waals surface area (Å²) in [5.74, 6) is -0.478. The average molecular weight is 325 g/mol. The molecule has 0 aliphatic carbocycles. The molecule has 0 radical (unpaired) electrons. The Bertz CT molecular complexity index is 763. The van der Waals surface area contributed by atoms with Crippen LogP contribution >= 0.6 is 0 Å². The third kappa shape index (κ3) is 2.87. The Morgan fingerprint density at radius 1 is 0.958 bits per heavy atom. The van der Waals surface area contributed by atoms with E-state index in [0.717, 1.165) is 55.2 Å². The maximum absolute atomic E-state index is 12.4. The van der Waals surface area contributed by atoms with Crippen LogP contribution in [-0.4, -0.2) is 36.9 Å². The molecule has 0 aromatic heterocycles. The van der Waals surface area contributed by atoms with Gasteiger partial charge in [-0.3, -0.25) is 14.5 Å². The number of imide groups is 1. The summed E-state index contributed by atoms with van der Waals surface area (Å²) in [5.41, 5.74) is 7.66. The van der Waals surface area contributed by atoms with Crippen molar-refractivity contribution in [2.24, 2.45) is 5.73 Å². The van der Waals surface area contributed by atoms with E-state index in [2.05, 4.69) is 5.32 Å². The van der Waals surface area contributed by atoms with Gasteiger partial charge >= 0.3 is 0 Å². The van der Waals surface area contributed by atoms with E-state index in [0.29, 0.717) is 11.1 Å². The zero-order valence-corrected chi connectivity index (χ0v) is 14.0. The Morgan fingerprint density at radius 2 is 1.67 bits per heavy atom. The molecule has 2 amide bonds. The molecule has 0 spiro atoms. The van der Waals surface area contributed by atoms with Gasteiger partial charge in [0.2, 0.25) is 0 Å². The van der Waals surface area contributed by atoms with Crippen LogP contribution in [0.15, 0.2) is 30.3 Å². The van der Waals surface area contributed by atoms with Crippen molar-refractivity contribution in [1.82, 2.24) is 4.90 Å². The second kappa shape index (κ2) is 7.01. The Hall–Kier alpha value is -2.40. The molecule has 3 N–H and O–H groups in total. The molecule has 126 valence electrons. The van der Waals surface area contributed by atoms with Crippen LogP contribution in [0.25, 0.3) is 10.8 Å². The largest absolute Gasteiger partial charge is 0.385 e. The maximum atomic E-state index is 12.4. The lowest BCUT2D eigenvalue weighted by Gasteiger charge is -2.24. The van der Waals surface area contributed by atoms with E-state index in [9.17, 15) is 9.59 Å². The number of anilines is 1. The molecule has 1 aliphatic heterocycles. The van der Waals surface area contributed by atoms with Crippen LogP contribution in [0.1, 0.15) is 46.4 Å². The van der Waals surface area contributed by atoms with Gasteiger partial charge in [-0.05, 0) is 37.6 Å². The number of rotatable bonds is 7. The van der Waals surface area contributed by atoms with Crippen molar-refractivity contribution >= 4 is 28.3 Å². The second-order valence-corrected chi connectivity index (χ2v) is 6.19. The highest BCUT2D eigenvalue weighted by Gasteiger charge is 2.30. The van der Waals surface area contributed by atoms with Crippen molar-refractivity contribution < 1.29 is 9.59 Å². The Balaban J connectivity index is 1.86. The van der Waals surface area contributed by atoms with Crippen molar-refractivity contribution in [3.8, 4) is 0 Å². The molecule has 0 bridgehead atoms. The SMILES string of the molecule is CN1C(=O)c2cccc3c(NCCCCCCN)ccc(c23)C1=O. The first-order chi connectivity index (χ1) is 11.6. The van der Waals surface area contributed by atoms with Crippen molar-refractivity contribution in [3.63, 3.8) is 0 Å². The molecule has 5 nitrogen and oxygen atoms in total.